The van der Waals surface area contributed by atoms with Gasteiger partial charge in [-0.05, 0) is 38.0 Å². The second-order valence-electron chi connectivity index (χ2n) is 7.89. The first kappa shape index (κ1) is 24.1. The summed E-state index contributed by atoms with van der Waals surface area (Å²) in [7, 11) is -3.78. The molecule has 1 aliphatic heterocycles. The first-order valence-electron chi connectivity index (χ1n) is 10.8. The van der Waals surface area contributed by atoms with E-state index in [9.17, 15) is 22.8 Å². The van der Waals surface area contributed by atoms with Gasteiger partial charge in [-0.1, -0.05) is 25.3 Å². The maximum atomic E-state index is 12.8. The van der Waals surface area contributed by atoms with Crippen molar-refractivity contribution < 1.29 is 32.3 Å². The maximum Gasteiger partial charge on any atom is 0.338 e. The number of ether oxygens (including phenoxy) is 2. The van der Waals surface area contributed by atoms with Gasteiger partial charge in [0.15, 0.2) is 6.10 Å². The SMILES string of the molecule is CC(OC(=O)c1cccc(S(=O)(=O)N2CCOCC2)c1)C(=O)NC(=O)NC1CCCCC1. The van der Waals surface area contributed by atoms with Crippen LogP contribution in [-0.2, 0) is 24.3 Å². The van der Waals surface area contributed by atoms with E-state index in [1.54, 1.807) is 0 Å². The number of hydrogen-bond acceptors (Lipinski definition) is 7. The lowest BCUT2D eigenvalue weighted by atomic mass is 9.96. The highest BCUT2D eigenvalue weighted by molar-refractivity contribution is 7.89. The number of amides is 3. The molecule has 10 nitrogen and oxygen atoms in total. The molecule has 11 heteroatoms. The van der Waals surface area contributed by atoms with E-state index in [-0.39, 0.29) is 29.6 Å². The van der Waals surface area contributed by atoms with Crippen LogP contribution < -0.4 is 10.6 Å². The second kappa shape index (κ2) is 10.9. The van der Waals surface area contributed by atoms with Gasteiger partial charge in [-0.15, -0.1) is 0 Å². The van der Waals surface area contributed by atoms with Crippen molar-refractivity contribution in [2.24, 2.45) is 0 Å². The number of carbonyl (C=O) groups is 3. The summed E-state index contributed by atoms with van der Waals surface area (Å²) in [5.74, 6) is -1.62. The van der Waals surface area contributed by atoms with Gasteiger partial charge in [0, 0.05) is 19.1 Å². The molecule has 1 saturated carbocycles. The van der Waals surface area contributed by atoms with Crippen LogP contribution in [0.4, 0.5) is 4.79 Å². The van der Waals surface area contributed by atoms with Crippen LogP contribution in [0.2, 0.25) is 0 Å². The number of esters is 1. The van der Waals surface area contributed by atoms with Crippen molar-refractivity contribution in [2.45, 2.75) is 56.1 Å². The van der Waals surface area contributed by atoms with Gasteiger partial charge in [-0.3, -0.25) is 10.1 Å². The van der Waals surface area contributed by atoms with Crippen molar-refractivity contribution in [1.82, 2.24) is 14.9 Å². The van der Waals surface area contributed by atoms with Crippen LogP contribution in [0.15, 0.2) is 29.2 Å². The number of sulfonamides is 1. The van der Waals surface area contributed by atoms with Crippen LogP contribution in [0.3, 0.4) is 0 Å². The zero-order chi connectivity index (χ0) is 23.1. The molecule has 1 unspecified atom stereocenters. The van der Waals surface area contributed by atoms with Crippen molar-refractivity contribution in [3.63, 3.8) is 0 Å². The van der Waals surface area contributed by atoms with Gasteiger partial charge < -0.3 is 14.8 Å². The highest BCUT2D eigenvalue weighted by atomic mass is 32.2. The molecule has 32 heavy (non-hydrogen) atoms. The van der Waals surface area contributed by atoms with Gasteiger partial charge in [0.2, 0.25) is 10.0 Å². The van der Waals surface area contributed by atoms with E-state index in [1.807, 2.05) is 0 Å². The first-order chi connectivity index (χ1) is 15.3. The number of benzene rings is 1. The van der Waals surface area contributed by atoms with Crippen LogP contribution >= 0.6 is 0 Å². The summed E-state index contributed by atoms with van der Waals surface area (Å²) in [6.45, 7) is 2.42. The molecular formula is C21H29N3O7S. The lowest BCUT2D eigenvalue weighted by molar-refractivity contribution is -0.127. The Morgan fingerprint density at radius 3 is 2.50 bits per heavy atom. The molecule has 3 rings (SSSR count). The first-order valence-corrected chi connectivity index (χ1v) is 12.2. The minimum Gasteiger partial charge on any atom is -0.449 e. The molecule has 1 aromatic carbocycles. The molecule has 1 saturated heterocycles. The molecule has 2 fully saturated rings. The monoisotopic (exact) mass is 467 g/mol. The van der Waals surface area contributed by atoms with Crippen molar-refractivity contribution >= 4 is 27.9 Å². The standard InChI is InChI=1S/C21H29N3O7S/c1-15(19(25)23-21(27)22-17-7-3-2-4-8-17)31-20(26)16-6-5-9-18(14-16)32(28,29)24-10-12-30-13-11-24/h5-6,9,14-15,17H,2-4,7-8,10-13H2,1H3,(H2,22,23,25,27). The Bertz CT molecular complexity index is 938. The van der Waals surface area contributed by atoms with Gasteiger partial charge >= 0.3 is 12.0 Å². The smallest absolute Gasteiger partial charge is 0.338 e. The summed E-state index contributed by atoms with van der Waals surface area (Å²) in [5.41, 5.74) is -0.00867. The number of urea groups is 1. The zero-order valence-electron chi connectivity index (χ0n) is 18.0. The minimum atomic E-state index is -3.78. The Kier molecular flexibility index (Phi) is 8.21. The van der Waals surface area contributed by atoms with E-state index in [4.69, 9.17) is 9.47 Å². The molecule has 2 aliphatic rings. The molecule has 0 spiro atoms. The van der Waals surface area contributed by atoms with Crippen LogP contribution in [0.25, 0.3) is 0 Å². The van der Waals surface area contributed by atoms with E-state index in [0.29, 0.717) is 13.2 Å². The molecule has 1 atom stereocenters. The third-order valence-electron chi connectivity index (χ3n) is 5.51. The van der Waals surface area contributed by atoms with Crippen molar-refractivity contribution in [3.8, 4) is 0 Å². The predicted octanol–water partition coefficient (Wildman–Crippen LogP) is 1.41. The lowest BCUT2D eigenvalue weighted by Crippen LogP contribution is -2.48. The highest BCUT2D eigenvalue weighted by Crippen LogP contribution is 2.19. The highest BCUT2D eigenvalue weighted by Gasteiger charge is 2.28. The van der Waals surface area contributed by atoms with Crippen LogP contribution in [-0.4, -0.2) is 69.1 Å². The fourth-order valence-electron chi connectivity index (χ4n) is 3.68. The number of morpholine rings is 1. The number of rotatable bonds is 6. The van der Waals surface area contributed by atoms with Crippen molar-refractivity contribution in [2.75, 3.05) is 26.3 Å². The predicted molar refractivity (Wildman–Crippen MR) is 114 cm³/mol. The molecule has 0 aromatic heterocycles. The molecule has 1 aromatic rings. The number of nitrogens with zero attached hydrogens (tertiary/aromatic N) is 1. The van der Waals surface area contributed by atoms with Crippen LogP contribution in [0, 0.1) is 0 Å². The summed E-state index contributed by atoms with van der Waals surface area (Å²) in [6, 6.07) is 4.86. The summed E-state index contributed by atoms with van der Waals surface area (Å²) in [4.78, 5) is 36.7. The van der Waals surface area contributed by atoms with E-state index >= 15 is 0 Å². The van der Waals surface area contributed by atoms with E-state index in [0.717, 1.165) is 32.1 Å². The van der Waals surface area contributed by atoms with Gasteiger partial charge in [-0.2, -0.15) is 4.31 Å². The zero-order valence-corrected chi connectivity index (χ0v) is 18.9. The number of hydrogen-bond donors (Lipinski definition) is 2. The molecule has 2 N–H and O–H groups in total. The van der Waals surface area contributed by atoms with Gasteiger partial charge in [0.1, 0.15) is 0 Å². The molecule has 1 aliphatic carbocycles. The largest absolute Gasteiger partial charge is 0.449 e. The molecule has 0 radical (unpaired) electrons. The summed E-state index contributed by atoms with van der Waals surface area (Å²) in [5, 5.41) is 4.94. The maximum absolute atomic E-state index is 12.8. The second-order valence-corrected chi connectivity index (χ2v) is 9.83. The van der Waals surface area contributed by atoms with Crippen LogP contribution in [0.5, 0.6) is 0 Å². The van der Waals surface area contributed by atoms with Crippen molar-refractivity contribution in [3.05, 3.63) is 29.8 Å². The Labute approximate surface area is 187 Å². The van der Waals surface area contributed by atoms with Gasteiger partial charge in [0.25, 0.3) is 5.91 Å². The summed E-state index contributed by atoms with van der Waals surface area (Å²) < 4.78 is 37.2. The van der Waals surface area contributed by atoms with Gasteiger partial charge in [0.05, 0.1) is 23.7 Å². The Hall–Kier alpha value is -2.50. The quantitative estimate of drug-likeness (QED) is 0.605. The Morgan fingerprint density at radius 2 is 1.81 bits per heavy atom. The van der Waals surface area contributed by atoms with E-state index in [1.165, 1.54) is 35.5 Å². The van der Waals surface area contributed by atoms with Crippen molar-refractivity contribution in [1.29, 1.82) is 0 Å². The third-order valence-corrected chi connectivity index (χ3v) is 7.40. The average Bonchev–Trinajstić information content (AvgIpc) is 2.80. The molecule has 176 valence electrons. The van der Waals surface area contributed by atoms with Gasteiger partial charge in [-0.25, -0.2) is 18.0 Å². The molecule has 1 heterocycles. The molecular weight excluding hydrogens is 438 g/mol. The molecule has 0 bridgehead atoms. The summed E-state index contributed by atoms with van der Waals surface area (Å²) >= 11 is 0. The number of nitrogens with one attached hydrogen (secondary N) is 2. The fourth-order valence-corrected chi connectivity index (χ4v) is 5.14. The normalized spacial score (nSPS) is 19.0. The topological polar surface area (TPSA) is 131 Å². The fraction of sp³-hybridized carbons (Fsp3) is 0.571. The average molecular weight is 468 g/mol. The Morgan fingerprint density at radius 1 is 1.12 bits per heavy atom. The molecule has 3 amide bonds. The number of carbonyl (C=O) groups excluding carboxylic acids is 3. The third kappa shape index (κ3) is 6.27. The van der Waals surface area contributed by atoms with E-state index in [2.05, 4.69) is 10.6 Å². The van der Waals surface area contributed by atoms with Crippen LogP contribution in [0.1, 0.15) is 49.4 Å². The summed E-state index contributed by atoms with van der Waals surface area (Å²) in [6.07, 6.45) is 3.71. The Balaban J connectivity index is 1.57. The number of imide groups is 1. The van der Waals surface area contributed by atoms with E-state index < -0.39 is 34.0 Å². The minimum absolute atomic E-state index is 0.00867. The lowest BCUT2D eigenvalue weighted by Gasteiger charge is -2.26.